The van der Waals surface area contributed by atoms with Crippen molar-refractivity contribution in [2.24, 2.45) is 0 Å². The molecule has 0 aromatic heterocycles. The molecule has 0 saturated carbocycles. The summed E-state index contributed by atoms with van der Waals surface area (Å²) in [5, 5.41) is 2.52. The van der Waals surface area contributed by atoms with Crippen molar-refractivity contribution in [2.75, 3.05) is 26.2 Å². The molecule has 3 aromatic carbocycles. The Kier molecular flexibility index (Phi) is 5.49. The highest BCUT2D eigenvalue weighted by molar-refractivity contribution is 7.89. The third-order valence-electron chi connectivity index (χ3n) is 5.57. The number of aryl methyl sites for hydroxylation is 1. The summed E-state index contributed by atoms with van der Waals surface area (Å²) in [5.74, 6) is 0. The van der Waals surface area contributed by atoms with E-state index in [1.54, 1.807) is 16.4 Å². The lowest BCUT2D eigenvalue weighted by Gasteiger charge is -2.34. The first-order valence-corrected chi connectivity index (χ1v) is 11.3. The second kappa shape index (κ2) is 8.03. The first-order valence-electron chi connectivity index (χ1n) is 9.86. The van der Waals surface area contributed by atoms with Crippen LogP contribution in [0.25, 0.3) is 10.8 Å². The number of nitrogens with zero attached hydrogens (tertiary/aromatic N) is 2. The molecule has 0 unspecified atom stereocenters. The summed E-state index contributed by atoms with van der Waals surface area (Å²) in [5.41, 5.74) is 2.45. The van der Waals surface area contributed by atoms with E-state index in [9.17, 15) is 8.42 Å². The molecule has 146 valence electrons. The van der Waals surface area contributed by atoms with Crippen LogP contribution in [0.2, 0.25) is 0 Å². The zero-order valence-electron chi connectivity index (χ0n) is 16.2. The van der Waals surface area contributed by atoms with Gasteiger partial charge in [0.1, 0.15) is 0 Å². The zero-order valence-corrected chi connectivity index (χ0v) is 17.0. The molecule has 28 heavy (non-hydrogen) atoms. The summed E-state index contributed by atoms with van der Waals surface area (Å²) >= 11 is 0. The van der Waals surface area contributed by atoms with Crippen LogP contribution in [0.3, 0.4) is 0 Å². The normalized spacial score (nSPS) is 16.5. The maximum atomic E-state index is 12.9. The number of hydrogen-bond acceptors (Lipinski definition) is 3. The monoisotopic (exact) mass is 394 g/mol. The second-order valence-electron chi connectivity index (χ2n) is 7.32. The van der Waals surface area contributed by atoms with Crippen molar-refractivity contribution in [1.29, 1.82) is 0 Å². The van der Waals surface area contributed by atoms with E-state index in [2.05, 4.69) is 54.3 Å². The van der Waals surface area contributed by atoms with Crippen molar-refractivity contribution < 1.29 is 8.42 Å². The van der Waals surface area contributed by atoms with Gasteiger partial charge in [-0.2, -0.15) is 4.31 Å². The van der Waals surface area contributed by atoms with Gasteiger partial charge in [0.15, 0.2) is 0 Å². The molecule has 0 bridgehead atoms. The lowest BCUT2D eigenvalue weighted by atomic mass is 10.0. The summed E-state index contributed by atoms with van der Waals surface area (Å²) in [6.45, 7) is 5.47. The molecular weight excluding hydrogens is 368 g/mol. The Morgan fingerprint density at radius 1 is 0.821 bits per heavy atom. The molecule has 0 atom stereocenters. The number of rotatable bonds is 5. The molecule has 4 rings (SSSR count). The van der Waals surface area contributed by atoms with E-state index in [1.807, 2.05) is 12.1 Å². The Labute approximate surface area is 167 Å². The first-order chi connectivity index (χ1) is 13.6. The van der Waals surface area contributed by atoms with Gasteiger partial charge in [-0.05, 0) is 40.5 Å². The molecule has 1 fully saturated rings. The van der Waals surface area contributed by atoms with Gasteiger partial charge in [-0.15, -0.1) is 0 Å². The minimum atomic E-state index is -3.41. The fourth-order valence-electron chi connectivity index (χ4n) is 3.85. The maximum absolute atomic E-state index is 12.9. The molecule has 1 aliphatic rings. The van der Waals surface area contributed by atoms with Crippen LogP contribution in [0, 0.1) is 0 Å². The van der Waals surface area contributed by atoms with Crippen LogP contribution in [-0.2, 0) is 23.0 Å². The standard InChI is InChI=1S/C23H26N2O2S/c1-2-19-10-12-22(13-11-19)28(26,27)25-16-14-24(15-17-25)18-21-8-5-7-20-6-3-4-9-23(20)21/h3-13H,2,14-18H2,1H3. The van der Waals surface area contributed by atoms with Crippen LogP contribution >= 0.6 is 0 Å². The predicted octanol–water partition coefficient (Wildman–Crippen LogP) is 3.91. The molecule has 0 radical (unpaired) electrons. The van der Waals surface area contributed by atoms with Crippen molar-refractivity contribution in [3.63, 3.8) is 0 Å². The highest BCUT2D eigenvalue weighted by Gasteiger charge is 2.28. The van der Waals surface area contributed by atoms with E-state index >= 15 is 0 Å². The van der Waals surface area contributed by atoms with E-state index in [0.29, 0.717) is 18.0 Å². The maximum Gasteiger partial charge on any atom is 0.243 e. The van der Waals surface area contributed by atoms with E-state index in [1.165, 1.54) is 16.3 Å². The zero-order chi connectivity index (χ0) is 19.6. The Morgan fingerprint density at radius 3 is 2.21 bits per heavy atom. The second-order valence-corrected chi connectivity index (χ2v) is 9.25. The SMILES string of the molecule is CCc1ccc(S(=O)(=O)N2CCN(Cc3cccc4ccccc34)CC2)cc1. The van der Waals surface area contributed by atoms with Crippen LogP contribution in [0.5, 0.6) is 0 Å². The molecular formula is C23H26N2O2S. The molecule has 0 amide bonds. The van der Waals surface area contributed by atoms with Gasteiger partial charge in [-0.1, -0.05) is 61.5 Å². The van der Waals surface area contributed by atoms with Crippen molar-refractivity contribution in [2.45, 2.75) is 24.8 Å². The molecule has 3 aromatic rings. The Balaban J connectivity index is 1.44. The van der Waals surface area contributed by atoms with Gasteiger partial charge in [0.25, 0.3) is 0 Å². The van der Waals surface area contributed by atoms with E-state index in [4.69, 9.17) is 0 Å². The predicted molar refractivity (Wildman–Crippen MR) is 114 cm³/mol. The van der Waals surface area contributed by atoms with Crippen molar-refractivity contribution in [1.82, 2.24) is 9.21 Å². The van der Waals surface area contributed by atoms with E-state index in [-0.39, 0.29) is 0 Å². The van der Waals surface area contributed by atoms with Crippen LogP contribution in [0.1, 0.15) is 18.1 Å². The molecule has 0 N–H and O–H groups in total. The highest BCUT2D eigenvalue weighted by atomic mass is 32.2. The summed E-state index contributed by atoms with van der Waals surface area (Å²) in [6, 6.07) is 22.1. The molecule has 4 nitrogen and oxygen atoms in total. The highest BCUT2D eigenvalue weighted by Crippen LogP contribution is 2.22. The fourth-order valence-corrected chi connectivity index (χ4v) is 5.27. The van der Waals surface area contributed by atoms with Crippen molar-refractivity contribution in [3.8, 4) is 0 Å². The number of piperazine rings is 1. The summed E-state index contributed by atoms with van der Waals surface area (Å²) < 4.78 is 27.5. The molecule has 0 spiro atoms. The van der Waals surface area contributed by atoms with Crippen molar-refractivity contribution in [3.05, 3.63) is 77.9 Å². The minimum absolute atomic E-state index is 0.396. The third kappa shape index (κ3) is 3.83. The lowest BCUT2D eigenvalue weighted by molar-refractivity contribution is 0.182. The lowest BCUT2D eigenvalue weighted by Crippen LogP contribution is -2.48. The van der Waals surface area contributed by atoms with Gasteiger partial charge >= 0.3 is 0 Å². The third-order valence-corrected chi connectivity index (χ3v) is 7.49. The quantitative estimate of drug-likeness (QED) is 0.659. The molecule has 1 saturated heterocycles. The molecule has 5 heteroatoms. The van der Waals surface area contributed by atoms with Gasteiger partial charge in [0.05, 0.1) is 4.90 Å². The van der Waals surface area contributed by atoms with Crippen LogP contribution in [0.4, 0.5) is 0 Å². The first kappa shape index (κ1) is 19.1. The minimum Gasteiger partial charge on any atom is -0.296 e. The van der Waals surface area contributed by atoms with Crippen LogP contribution in [-0.4, -0.2) is 43.8 Å². The fraction of sp³-hybridized carbons (Fsp3) is 0.304. The van der Waals surface area contributed by atoms with E-state index in [0.717, 1.165) is 31.6 Å². The number of hydrogen-bond donors (Lipinski definition) is 0. The van der Waals surface area contributed by atoms with E-state index < -0.39 is 10.0 Å². The van der Waals surface area contributed by atoms with Crippen molar-refractivity contribution >= 4 is 20.8 Å². The smallest absolute Gasteiger partial charge is 0.243 e. The average Bonchev–Trinajstić information content (AvgIpc) is 2.74. The van der Waals surface area contributed by atoms with Gasteiger partial charge in [0.2, 0.25) is 10.0 Å². The number of fused-ring (bicyclic) bond motifs is 1. The molecule has 1 aliphatic heterocycles. The van der Waals surface area contributed by atoms with Gasteiger partial charge in [-0.25, -0.2) is 8.42 Å². The van der Waals surface area contributed by atoms with Crippen LogP contribution in [0.15, 0.2) is 71.6 Å². The van der Waals surface area contributed by atoms with Crippen LogP contribution < -0.4 is 0 Å². The van der Waals surface area contributed by atoms with Gasteiger partial charge < -0.3 is 0 Å². The summed E-state index contributed by atoms with van der Waals surface area (Å²) in [4.78, 5) is 2.74. The Morgan fingerprint density at radius 2 is 1.50 bits per heavy atom. The number of sulfonamides is 1. The molecule has 0 aliphatic carbocycles. The molecule has 1 heterocycles. The summed E-state index contributed by atoms with van der Waals surface area (Å²) in [6.07, 6.45) is 0.910. The topological polar surface area (TPSA) is 40.6 Å². The summed E-state index contributed by atoms with van der Waals surface area (Å²) in [7, 11) is -3.41. The van der Waals surface area contributed by atoms with Gasteiger partial charge in [-0.3, -0.25) is 4.90 Å². The largest absolute Gasteiger partial charge is 0.296 e. The Hall–Kier alpha value is -2.21. The Bertz CT molecular complexity index is 1050. The number of benzene rings is 3. The average molecular weight is 395 g/mol. The van der Waals surface area contributed by atoms with Gasteiger partial charge in [0, 0.05) is 32.7 Å².